The van der Waals surface area contributed by atoms with Crippen LogP contribution in [-0.4, -0.2) is 77.2 Å². The molecule has 0 unspecified atom stereocenters. The third-order valence-corrected chi connectivity index (χ3v) is 4.80. The zero-order valence-corrected chi connectivity index (χ0v) is 18.2. The van der Waals surface area contributed by atoms with Gasteiger partial charge in [0.25, 0.3) is 0 Å². The highest BCUT2D eigenvalue weighted by Crippen LogP contribution is 2.19. The molecule has 0 bridgehead atoms. The number of methoxy groups -OCH3 is 2. The Morgan fingerprint density at radius 1 is 1.10 bits per heavy atom. The first-order valence-electron chi connectivity index (χ1n) is 10.7. The Labute approximate surface area is 175 Å². The summed E-state index contributed by atoms with van der Waals surface area (Å²) >= 11 is 0. The largest absolute Gasteiger partial charge is 0.497 e. The fourth-order valence-electron chi connectivity index (χ4n) is 3.24. The minimum absolute atomic E-state index is 0.349. The van der Waals surface area contributed by atoms with Crippen LogP contribution in [0.1, 0.15) is 32.6 Å². The van der Waals surface area contributed by atoms with E-state index in [2.05, 4.69) is 17.1 Å². The lowest BCUT2D eigenvalue weighted by Crippen LogP contribution is -2.47. The molecule has 1 N–H and O–H groups in total. The first-order valence-corrected chi connectivity index (χ1v) is 10.7. The summed E-state index contributed by atoms with van der Waals surface area (Å²) in [5.41, 5.74) is 0. The van der Waals surface area contributed by atoms with Gasteiger partial charge in [-0.3, -0.25) is 4.99 Å². The van der Waals surface area contributed by atoms with E-state index in [-0.39, 0.29) is 0 Å². The van der Waals surface area contributed by atoms with Crippen LogP contribution in [0, 0.1) is 0 Å². The second-order valence-electron chi connectivity index (χ2n) is 7.02. The van der Waals surface area contributed by atoms with Gasteiger partial charge in [-0.25, -0.2) is 0 Å². The van der Waals surface area contributed by atoms with Crippen LogP contribution in [0.2, 0.25) is 0 Å². The lowest BCUT2D eigenvalue weighted by atomic mass is 10.1. The Hall–Kier alpha value is -1.99. The van der Waals surface area contributed by atoms with Crippen molar-refractivity contribution in [2.24, 2.45) is 4.99 Å². The van der Waals surface area contributed by atoms with E-state index in [1.54, 1.807) is 14.2 Å². The predicted molar refractivity (Wildman–Crippen MR) is 116 cm³/mol. The molecular formula is C22H37N3O4. The van der Waals surface area contributed by atoms with E-state index >= 15 is 0 Å². The maximum Gasteiger partial charge on any atom is 0.193 e. The van der Waals surface area contributed by atoms with Crippen molar-refractivity contribution < 1.29 is 18.9 Å². The number of nitrogens with zero attached hydrogens (tertiary/aromatic N) is 2. The first kappa shape index (κ1) is 23.3. The minimum Gasteiger partial charge on any atom is -0.497 e. The summed E-state index contributed by atoms with van der Waals surface area (Å²) in [6.07, 6.45) is 4.25. The van der Waals surface area contributed by atoms with Gasteiger partial charge in [-0.2, -0.15) is 0 Å². The number of nitrogens with one attached hydrogen (secondary N) is 1. The second kappa shape index (κ2) is 14.1. The van der Waals surface area contributed by atoms with Gasteiger partial charge in [-0.1, -0.05) is 6.07 Å². The number of hydrogen-bond acceptors (Lipinski definition) is 5. The Bertz CT molecular complexity index is 589. The molecule has 0 spiro atoms. The quantitative estimate of drug-likeness (QED) is 0.327. The van der Waals surface area contributed by atoms with Crippen molar-refractivity contribution in [3.05, 3.63) is 24.3 Å². The van der Waals surface area contributed by atoms with E-state index in [9.17, 15) is 0 Å². The van der Waals surface area contributed by atoms with Gasteiger partial charge in [0.1, 0.15) is 11.5 Å². The molecule has 1 aromatic rings. The van der Waals surface area contributed by atoms with Crippen molar-refractivity contribution in [2.75, 3.05) is 60.2 Å². The van der Waals surface area contributed by atoms with Crippen molar-refractivity contribution in [3.8, 4) is 11.5 Å². The molecule has 0 aromatic heterocycles. The van der Waals surface area contributed by atoms with Gasteiger partial charge in [0.05, 0.1) is 19.8 Å². The second-order valence-corrected chi connectivity index (χ2v) is 7.02. The molecule has 0 atom stereocenters. The molecule has 1 aromatic carbocycles. The van der Waals surface area contributed by atoms with Crippen LogP contribution in [0.4, 0.5) is 0 Å². The maximum absolute atomic E-state index is 5.95. The van der Waals surface area contributed by atoms with E-state index in [4.69, 9.17) is 23.9 Å². The Morgan fingerprint density at radius 2 is 1.90 bits per heavy atom. The standard InChI is InChI=1S/C22H37N3O4/c1-4-23-22(25-13-10-19(11-14-25)28-17-7-15-26-2)24-12-6-16-29-21-9-5-8-20(18-21)27-3/h5,8-9,18-19H,4,6-7,10-17H2,1-3H3,(H,23,24). The summed E-state index contributed by atoms with van der Waals surface area (Å²) < 4.78 is 22.0. The zero-order chi connectivity index (χ0) is 20.7. The maximum atomic E-state index is 5.95. The lowest BCUT2D eigenvalue weighted by molar-refractivity contribution is 0.00990. The van der Waals surface area contributed by atoms with Crippen molar-refractivity contribution >= 4 is 5.96 Å². The van der Waals surface area contributed by atoms with E-state index in [1.165, 1.54) is 0 Å². The normalized spacial score (nSPS) is 15.4. The average Bonchev–Trinajstić information content (AvgIpc) is 2.76. The Morgan fingerprint density at radius 3 is 2.62 bits per heavy atom. The fourth-order valence-corrected chi connectivity index (χ4v) is 3.24. The summed E-state index contributed by atoms with van der Waals surface area (Å²) in [6, 6.07) is 7.68. The van der Waals surface area contributed by atoms with E-state index in [0.717, 1.165) is 82.5 Å². The smallest absolute Gasteiger partial charge is 0.193 e. The highest BCUT2D eigenvalue weighted by atomic mass is 16.5. The molecule has 1 aliphatic rings. The molecule has 0 radical (unpaired) electrons. The SMILES string of the molecule is CCNC(=NCCCOc1cccc(OC)c1)N1CCC(OCCCOC)CC1. The first-order chi connectivity index (χ1) is 14.3. The monoisotopic (exact) mass is 407 g/mol. The van der Waals surface area contributed by atoms with Crippen LogP contribution in [-0.2, 0) is 9.47 Å². The van der Waals surface area contributed by atoms with Crippen LogP contribution in [0.25, 0.3) is 0 Å². The average molecular weight is 408 g/mol. The predicted octanol–water partition coefficient (Wildman–Crippen LogP) is 2.95. The zero-order valence-electron chi connectivity index (χ0n) is 18.2. The highest BCUT2D eigenvalue weighted by Gasteiger charge is 2.21. The lowest BCUT2D eigenvalue weighted by Gasteiger charge is -2.34. The van der Waals surface area contributed by atoms with E-state index in [0.29, 0.717) is 12.7 Å². The number of piperidine rings is 1. The number of benzene rings is 1. The molecule has 7 nitrogen and oxygen atoms in total. The van der Waals surface area contributed by atoms with Crippen LogP contribution in [0.15, 0.2) is 29.3 Å². The number of rotatable bonds is 12. The topological polar surface area (TPSA) is 64.6 Å². The van der Waals surface area contributed by atoms with Crippen molar-refractivity contribution in [2.45, 2.75) is 38.7 Å². The minimum atomic E-state index is 0.349. The summed E-state index contributed by atoms with van der Waals surface area (Å²) in [7, 11) is 3.39. The number of likely N-dealkylation sites (tertiary alicyclic amines) is 1. The molecule has 1 heterocycles. The summed E-state index contributed by atoms with van der Waals surface area (Å²) in [6.45, 7) is 7.83. The molecule has 0 amide bonds. The van der Waals surface area contributed by atoms with Gasteiger partial charge < -0.3 is 29.2 Å². The number of guanidine groups is 1. The van der Waals surface area contributed by atoms with Crippen LogP contribution in [0.3, 0.4) is 0 Å². The molecule has 1 aliphatic heterocycles. The van der Waals surface area contributed by atoms with Gasteiger partial charge in [-0.05, 0) is 38.3 Å². The number of hydrogen-bond donors (Lipinski definition) is 1. The van der Waals surface area contributed by atoms with Crippen LogP contribution < -0.4 is 14.8 Å². The Kier molecular flexibility index (Phi) is 11.3. The molecule has 7 heteroatoms. The molecule has 1 saturated heterocycles. The molecule has 0 aliphatic carbocycles. The van der Waals surface area contributed by atoms with E-state index in [1.807, 2.05) is 24.3 Å². The summed E-state index contributed by atoms with van der Waals surface area (Å²) in [5, 5.41) is 3.41. The number of aliphatic imine (C=N–C) groups is 1. The third kappa shape index (κ3) is 8.92. The molecule has 164 valence electrons. The van der Waals surface area contributed by atoms with Gasteiger partial charge in [-0.15, -0.1) is 0 Å². The van der Waals surface area contributed by atoms with Gasteiger partial charge >= 0.3 is 0 Å². The van der Waals surface area contributed by atoms with Gasteiger partial charge in [0.2, 0.25) is 0 Å². The number of ether oxygens (including phenoxy) is 4. The highest BCUT2D eigenvalue weighted by molar-refractivity contribution is 5.80. The van der Waals surface area contributed by atoms with Crippen LogP contribution in [0.5, 0.6) is 11.5 Å². The molecule has 0 saturated carbocycles. The van der Waals surface area contributed by atoms with Gasteiger partial charge in [0, 0.05) is 59.0 Å². The molecule has 29 heavy (non-hydrogen) atoms. The fraction of sp³-hybridized carbons (Fsp3) is 0.682. The van der Waals surface area contributed by atoms with Crippen LogP contribution >= 0.6 is 0 Å². The molecular weight excluding hydrogens is 370 g/mol. The Balaban J connectivity index is 1.69. The van der Waals surface area contributed by atoms with Crippen molar-refractivity contribution in [1.82, 2.24) is 10.2 Å². The third-order valence-electron chi connectivity index (χ3n) is 4.80. The molecule has 2 rings (SSSR count). The van der Waals surface area contributed by atoms with Crippen molar-refractivity contribution in [1.29, 1.82) is 0 Å². The molecule has 1 fully saturated rings. The summed E-state index contributed by atoms with van der Waals surface area (Å²) in [5.74, 6) is 2.63. The van der Waals surface area contributed by atoms with Gasteiger partial charge in [0.15, 0.2) is 5.96 Å². The summed E-state index contributed by atoms with van der Waals surface area (Å²) in [4.78, 5) is 7.12. The van der Waals surface area contributed by atoms with E-state index < -0.39 is 0 Å². The van der Waals surface area contributed by atoms with Crippen molar-refractivity contribution in [3.63, 3.8) is 0 Å².